The number of esters is 1. The number of aliphatic hydroxyl groups excluding tert-OH is 1. The van der Waals surface area contributed by atoms with Crippen molar-refractivity contribution in [3.8, 4) is 0 Å². The van der Waals surface area contributed by atoms with E-state index in [9.17, 15) is 14.7 Å². The molecular formula is C24H38O4S. The Hall–Kier alpha value is -0.550. The number of Topliss-reactive ketones (excluding diaryl/α,β-unsaturated/α-hetero) is 1. The number of ether oxygens (including phenoxy) is 1. The maximum Gasteiger partial charge on any atom is 0.316 e. The number of thioether (sulfide) groups is 1. The highest BCUT2D eigenvalue weighted by Crippen LogP contribution is 2.82. The first-order valence-corrected chi connectivity index (χ1v) is 12.8. The summed E-state index contributed by atoms with van der Waals surface area (Å²) in [5, 5.41) is 11.6. The van der Waals surface area contributed by atoms with Crippen LogP contribution in [-0.4, -0.2) is 41.1 Å². The monoisotopic (exact) mass is 422 g/mol. The number of carbonyl (C=O) groups excluding carboxylic acids is 2. The third kappa shape index (κ3) is 2.55. The molecule has 4 aliphatic rings. The van der Waals surface area contributed by atoms with Gasteiger partial charge in [-0.15, -0.1) is 0 Å². The van der Waals surface area contributed by atoms with E-state index in [-0.39, 0.29) is 45.6 Å². The Morgan fingerprint density at radius 2 is 1.97 bits per heavy atom. The first kappa shape index (κ1) is 21.7. The third-order valence-corrected chi connectivity index (χ3v) is 10.8. The molecule has 4 saturated carbocycles. The number of rotatable bonds is 4. The second-order valence-corrected chi connectivity index (χ2v) is 12.1. The van der Waals surface area contributed by atoms with Crippen LogP contribution in [0.3, 0.4) is 0 Å². The summed E-state index contributed by atoms with van der Waals surface area (Å²) in [5.74, 6) is 1.32. The predicted octanol–water partition coefficient (Wildman–Crippen LogP) is 4.48. The van der Waals surface area contributed by atoms with E-state index in [1.807, 2.05) is 6.26 Å². The Labute approximate surface area is 179 Å². The number of hydrogen-bond donors (Lipinski definition) is 1. The van der Waals surface area contributed by atoms with Gasteiger partial charge in [0.25, 0.3) is 0 Å². The van der Waals surface area contributed by atoms with E-state index in [1.165, 1.54) is 11.8 Å². The summed E-state index contributed by atoms with van der Waals surface area (Å²) >= 11 is 1.49. The van der Waals surface area contributed by atoms with Crippen LogP contribution in [0.1, 0.15) is 73.1 Å². The largest absolute Gasteiger partial charge is 0.461 e. The highest BCUT2D eigenvalue weighted by molar-refractivity contribution is 7.99. The van der Waals surface area contributed by atoms with Crippen LogP contribution >= 0.6 is 11.8 Å². The van der Waals surface area contributed by atoms with E-state index < -0.39 is 6.10 Å². The van der Waals surface area contributed by atoms with E-state index in [1.54, 1.807) is 0 Å². The minimum Gasteiger partial charge on any atom is -0.461 e. The van der Waals surface area contributed by atoms with E-state index in [2.05, 4.69) is 34.6 Å². The summed E-state index contributed by atoms with van der Waals surface area (Å²) in [4.78, 5) is 25.8. The number of aliphatic hydroxyl groups is 1. The Bertz CT molecular complexity index is 724. The molecule has 4 fully saturated rings. The SMILES string of the molecule is CCC1(C)CC(OC(=O)CSC)C2(C)C(C)CC34CC(CCC3=O)(C(C)C1O)C42. The molecule has 2 bridgehead atoms. The normalized spacial score (nSPS) is 53.5. The summed E-state index contributed by atoms with van der Waals surface area (Å²) in [6.45, 7) is 11.1. The number of carbonyl (C=O) groups is 2. The second-order valence-electron chi connectivity index (χ2n) is 11.3. The summed E-state index contributed by atoms with van der Waals surface area (Å²) < 4.78 is 6.22. The van der Waals surface area contributed by atoms with Gasteiger partial charge in [-0.3, -0.25) is 9.59 Å². The van der Waals surface area contributed by atoms with Crippen molar-refractivity contribution in [2.24, 2.45) is 39.4 Å². The molecule has 4 nitrogen and oxygen atoms in total. The van der Waals surface area contributed by atoms with Crippen molar-refractivity contribution in [2.75, 3.05) is 12.0 Å². The molecule has 1 N–H and O–H groups in total. The van der Waals surface area contributed by atoms with Gasteiger partial charge in [-0.1, -0.05) is 34.6 Å². The van der Waals surface area contributed by atoms with Crippen LogP contribution < -0.4 is 0 Å². The minimum absolute atomic E-state index is 0.00610. The van der Waals surface area contributed by atoms with Crippen molar-refractivity contribution in [2.45, 2.75) is 85.4 Å². The van der Waals surface area contributed by atoms with Crippen molar-refractivity contribution in [1.29, 1.82) is 0 Å². The molecule has 9 atom stereocenters. The minimum atomic E-state index is -0.444. The molecular weight excluding hydrogens is 384 g/mol. The quantitative estimate of drug-likeness (QED) is 0.677. The van der Waals surface area contributed by atoms with Gasteiger partial charge in [0, 0.05) is 17.3 Å². The lowest BCUT2D eigenvalue weighted by Crippen LogP contribution is -2.71. The highest BCUT2D eigenvalue weighted by atomic mass is 32.2. The van der Waals surface area contributed by atoms with Crippen molar-refractivity contribution >= 4 is 23.5 Å². The van der Waals surface area contributed by atoms with Crippen LogP contribution in [0.2, 0.25) is 0 Å². The summed E-state index contributed by atoms with van der Waals surface area (Å²) in [5.41, 5.74) is -0.764. The molecule has 5 heteroatoms. The van der Waals surface area contributed by atoms with Gasteiger partial charge < -0.3 is 9.84 Å². The molecule has 2 spiro atoms. The first-order chi connectivity index (χ1) is 13.5. The van der Waals surface area contributed by atoms with Crippen LogP contribution in [0, 0.1) is 39.4 Å². The molecule has 4 aliphatic carbocycles. The van der Waals surface area contributed by atoms with E-state index in [4.69, 9.17) is 4.74 Å². The van der Waals surface area contributed by atoms with Gasteiger partial charge in [-0.2, -0.15) is 11.8 Å². The maximum absolute atomic E-state index is 13.2. The molecule has 0 aromatic carbocycles. The van der Waals surface area contributed by atoms with Crippen LogP contribution in [-0.2, 0) is 14.3 Å². The lowest BCUT2D eigenvalue weighted by atomic mass is 9.32. The Kier molecular flexibility index (Phi) is 5.02. The van der Waals surface area contributed by atoms with Gasteiger partial charge in [0.15, 0.2) is 0 Å². The van der Waals surface area contributed by atoms with Crippen molar-refractivity contribution in [3.05, 3.63) is 0 Å². The Balaban J connectivity index is 1.85. The predicted molar refractivity (Wildman–Crippen MR) is 116 cm³/mol. The van der Waals surface area contributed by atoms with Gasteiger partial charge in [-0.25, -0.2) is 0 Å². The molecule has 0 amide bonds. The van der Waals surface area contributed by atoms with Crippen molar-refractivity contribution in [3.63, 3.8) is 0 Å². The van der Waals surface area contributed by atoms with Gasteiger partial charge >= 0.3 is 5.97 Å². The summed E-state index contributed by atoms with van der Waals surface area (Å²) in [6, 6.07) is 0. The average molecular weight is 423 g/mol. The fourth-order valence-electron chi connectivity index (χ4n) is 8.54. The summed E-state index contributed by atoms with van der Waals surface area (Å²) in [6.07, 6.45) is 6.11. The van der Waals surface area contributed by atoms with Crippen LogP contribution in [0.4, 0.5) is 0 Å². The lowest BCUT2D eigenvalue weighted by Gasteiger charge is -2.72. The van der Waals surface area contributed by atoms with Gasteiger partial charge in [0.05, 0.1) is 11.9 Å². The maximum atomic E-state index is 13.2. The Morgan fingerprint density at radius 1 is 1.28 bits per heavy atom. The first-order valence-electron chi connectivity index (χ1n) is 11.4. The fourth-order valence-corrected chi connectivity index (χ4v) is 8.84. The van der Waals surface area contributed by atoms with Gasteiger partial charge in [0.1, 0.15) is 11.9 Å². The lowest BCUT2D eigenvalue weighted by molar-refractivity contribution is -0.261. The number of hydrogen-bond acceptors (Lipinski definition) is 5. The molecule has 164 valence electrons. The molecule has 0 radical (unpaired) electrons. The van der Waals surface area contributed by atoms with E-state index in [0.717, 1.165) is 25.7 Å². The molecule has 0 heterocycles. The highest BCUT2D eigenvalue weighted by Gasteiger charge is 2.81. The van der Waals surface area contributed by atoms with Crippen molar-refractivity contribution < 1.29 is 19.4 Å². The zero-order valence-corrected chi connectivity index (χ0v) is 19.7. The molecule has 0 aromatic heterocycles. The Morgan fingerprint density at radius 3 is 2.59 bits per heavy atom. The smallest absolute Gasteiger partial charge is 0.316 e. The van der Waals surface area contributed by atoms with Gasteiger partial charge in [0.2, 0.25) is 0 Å². The molecule has 29 heavy (non-hydrogen) atoms. The van der Waals surface area contributed by atoms with Crippen LogP contribution in [0.25, 0.3) is 0 Å². The molecule has 0 aliphatic heterocycles. The van der Waals surface area contributed by atoms with Crippen LogP contribution in [0.5, 0.6) is 0 Å². The molecule has 4 rings (SSSR count). The second kappa shape index (κ2) is 6.72. The zero-order chi connectivity index (χ0) is 21.4. The van der Waals surface area contributed by atoms with E-state index in [0.29, 0.717) is 30.3 Å². The summed E-state index contributed by atoms with van der Waals surface area (Å²) in [7, 11) is 0. The fraction of sp³-hybridized carbons (Fsp3) is 0.917. The average Bonchev–Trinajstić information content (AvgIpc) is 2.85. The zero-order valence-electron chi connectivity index (χ0n) is 18.9. The molecule has 9 unspecified atom stereocenters. The molecule has 0 saturated heterocycles. The van der Waals surface area contributed by atoms with E-state index >= 15 is 0 Å². The standard InChI is InChI=1S/C24H38O4S/c1-7-21(4)11-17(28-18(26)12-29-6)22(5)14(2)10-24-13-23(20(22)24,9-8-16(24)25)15(3)19(21)27/h14-15,17,19-20,27H,7-13H2,1-6H3. The van der Waals surface area contributed by atoms with Gasteiger partial charge in [-0.05, 0) is 66.9 Å². The molecule has 0 aromatic rings. The van der Waals surface area contributed by atoms with Crippen molar-refractivity contribution in [1.82, 2.24) is 0 Å². The topological polar surface area (TPSA) is 63.6 Å². The third-order valence-electron chi connectivity index (χ3n) is 10.3. The van der Waals surface area contributed by atoms with Crippen LogP contribution in [0.15, 0.2) is 0 Å². The number of ketones is 1.